The van der Waals surface area contributed by atoms with Crippen LogP contribution in [0.25, 0.3) is 46.6 Å². The van der Waals surface area contributed by atoms with Gasteiger partial charge in [-0.1, -0.05) is 173 Å². The number of ether oxygens (including phenoxy) is 12. The Hall–Kier alpha value is -12.8. The summed E-state index contributed by atoms with van der Waals surface area (Å²) in [5, 5.41) is 22.8. The molecule has 0 amide bonds. The molecule has 10 aromatic rings. The van der Waals surface area contributed by atoms with Gasteiger partial charge in [-0.2, -0.15) is 0 Å². The molecule has 0 bridgehead atoms. The molecule has 4 aliphatic heterocycles. The first-order valence-corrected chi connectivity index (χ1v) is 51.3. The second-order valence-electron chi connectivity index (χ2n) is 38.5. The number of carbonyl (C=O) groups is 5. The largest absolute Gasteiger partial charge is 1.00 e. The molecule has 4 aromatic heterocycles. The number of halogens is 1. The van der Waals surface area contributed by atoms with E-state index in [-0.39, 0.29) is 41.1 Å². The van der Waals surface area contributed by atoms with Gasteiger partial charge < -0.3 is 82.7 Å². The molecule has 8 heterocycles. The van der Waals surface area contributed by atoms with E-state index in [1.54, 1.807) is 76.4 Å². The van der Waals surface area contributed by atoms with Crippen molar-refractivity contribution < 1.29 is 125 Å². The molecule has 32 heteroatoms. The van der Waals surface area contributed by atoms with Crippen LogP contribution in [0.1, 0.15) is 257 Å². The molecule has 6 aromatic carbocycles. The number of methoxy groups -OCH3 is 4. The Bertz CT molecular complexity index is 6740. The van der Waals surface area contributed by atoms with Gasteiger partial charge in [0, 0.05) is 86.8 Å². The fourth-order valence-corrected chi connectivity index (χ4v) is 19.8. The summed E-state index contributed by atoms with van der Waals surface area (Å²) in [5.41, 5.74) is 26.6. The number of hydrogen-bond donors (Lipinski definition) is 4. The Kier molecular flexibility index (Phi) is 39.1. The first-order valence-electron chi connectivity index (χ1n) is 50.5. The Morgan fingerprint density at radius 2 is 0.907 bits per heavy atom. The van der Waals surface area contributed by atoms with Crippen molar-refractivity contribution in [3.8, 4) is 46.0 Å². The van der Waals surface area contributed by atoms with Crippen LogP contribution in [0.15, 0.2) is 246 Å². The van der Waals surface area contributed by atoms with E-state index >= 15 is 0 Å². The van der Waals surface area contributed by atoms with Crippen molar-refractivity contribution in [3.63, 3.8) is 0 Å². The van der Waals surface area contributed by atoms with Crippen LogP contribution in [0.3, 0.4) is 0 Å². The summed E-state index contributed by atoms with van der Waals surface area (Å²) in [7, 11) is 7.21. The zero-order valence-electron chi connectivity index (χ0n) is 86.2. The molecule has 4 fully saturated rings. The van der Waals surface area contributed by atoms with Crippen molar-refractivity contribution in [2.45, 2.75) is 197 Å². The van der Waals surface area contributed by atoms with Gasteiger partial charge in [-0.3, -0.25) is 40.4 Å². The number of pyridine rings is 4. The third-order valence-electron chi connectivity index (χ3n) is 28.3. The standard InChI is InChI=1S/C32H32N2O3.C24H23NO5.C22H19NO4.C16H12BrNO3.C14H24BO4.C10H13N.H2N3O.Na/c1-36-32(35)28-17-14-24(20-31(28)37-27-19-25-9-5-10-29(25)33-21-27)22-12-15-26(16-13-22)34-18-6-11-30(34)23-7-3-2-4-8-23;1-27-23(26)20-6-5-17(16-7-9-24(10-8-16)28-11-12-29-24)14-22(20)30-19-13-18-3-2-4-21(18)25-15-19;1-26-22(25)19-10-7-15(14-5-8-17(24)9-6-14)12-21(19)27-18-11-16-3-2-4-20(16)23-13-18;1-20-16(19)13-6-5-11(17)8-15(13)21-12-7-10-3-2-4-14(10)18-9-12;1-12(2,16)13(3,4)19-15-11-5-7-14(8-6-11)17-9-10-18-14;1-2-5-9(6-3-1)10-7-4-8-11-10;1-2-3-4;/h2-5,7-9,12,14,17,19-21,26,30H,6,10-11,13,15-16,18H2,1H3;2-3,5-7,13-15H,4,8-12H2,1H3;2-3,5,7,10-13H,4,6,8-9H2,1H3;2-3,5-9H,4H2,1H3;5,16H,6-10H2,1-4H3;1-3,5-6,10-11H,4,7-8H2;(H2-,1,2,3,4);/q;;;;;;-1;+1. The predicted molar refractivity (Wildman–Crippen MR) is 572 cm³/mol. The van der Waals surface area contributed by atoms with Crippen molar-refractivity contribution in [2.24, 2.45) is 5.22 Å². The molecule has 2 spiro atoms. The van der Waals surface area contributed by atoms with Crippen LogP contribution in [0.5, 0.6) is 46.0 Å². The number of allylic oxidation sites excluding steroid dienone is 9. The van der Waals surface area contributed by atoms with Gasteiger partial charge in [-0.15, -0.1) is 0 Å². The monoisotopic (exact) mass is 2100 g/mol. The fraction of sp³-hybridized carbons (Fsp3) is 0.347. The Labute approximate surface area is 906 Å². The van der Waals surface area contributed by atoms with E-state index in [2.05, 4.69) is 161 Å². The number of hydrogen-bond acceptors (Lipinski definition) is 28. The summed E-state index contributed by atoms with van der Waals surface area (Å²) in [4.78, 5) is 80.7. The predicted octanol–water partition coefficient (Wildman–Crippen LogP) is 21.7. The van der Waals surface area contributed by atoms with E-state index < -0.39 is 40.9 Å². The van der Waals surface area contributed by atoms with Gasteiger partial charge in [-0.05, 0) is 251 Å². The van der Waals surface area contributed by atoms with E-state index in [0.29, 0.717) is 132 Å². The number of benzene rings is 6. The summed E-state index contributed by atoms with van der Waals surface area (Å²) in [6, 6.07) is 53.0. The number of fused-ring (bicyclic) bond motifs is 4. The molecule has 0 saturated carbocycles. The minimum atomic E-state index is -0.891. The van der Waals surface area contributed by atoms with E-state index in [0.717, 1.165) is 161 Å². The first-order chi connectivity index (χ1) is 72.3. The van der Waals surface area contributed by atoms with Crippen LogP contribution >= 0.6 is 15.9 Å². The average Bonchev–Trinajstić information content (AvgIpc) is 1.24. The number of Topliss-reactive ketones (excluding diaryl/α,β-unsaturated/α-hetero) is 1. The van der Waals surface area contributed by atoms with E-state index in [4.69, 9.17) is 72.2 Å². The average molecular weight is 2100 g/mol. The molecular formula is C118H125BBrN9NaO20. The Morgan fingerprint density at radius 1 is 0.493 bits per heavy atom. The van der Waals surface area contributed by atoms with Crippen molar-refractivity contribution in [2.75, 3.05) is 68.0 Å². The summed E-state index contributed by atoms with van der Waals surface area (Å²) in [6.07, 6.45) is 49.9. The molecule has 3 unspecified atom stereocenters. The van der Waals surface area contributed by atoms with Crippen molar-refractivity contribution in [1.29, 1.82) is 5.53 Å². The van der Waals surface area contributed by atoms with Crippen LogP contribution in [-0.2, 0) is 73.0 Å². The number of rotatable bonds is 23. The maximum absolute atomic E-state index is 12.5. The summed E-state index contributed by atoms with van der Waals surface area (Å²) < 4.78 is 73.3. The van der Waals surface area contributed by atoms with Gasteiger partial charge in [0.15, 0.2) is 11.6 Å². The van der Waals surface area contributed by atoms with E-state index in [9.17, 15) is 29.1 Å². The Balaban J connectivity index is 0.000000137. The first kappa shape index (κ1) is 111. The molecule has 12 aliphatic rings. The number of esters is 4. The SMILES string of the molecule is CC(C)(O)C(C)(C)O[B]C1=CCC2(CC1)OCCO2.COC(=O)c1ccc(Br)cc1Oc1cnc2c(c1)C=CC2.COC(=O)c1ccc(C2=CCC(=O)CC2)cc1Oc1cnc2c(c1)C=CC2.COC(=O)c1ccc(C2=CCC(N3CCCC3c3ccccc3)CC2)cc1Oc1cnc2c(c1)C=CC2.COC(=O)c1ccc(C2=CCC3(CC2)OCCO3)cc1Oc1cnc2c(c1)C=CC2.N=N[N-]O.[Na+].c1ccc(C2CCCN2)cc1. The second-order valence-corrected chi connectivity index (χ2v) is 39.4. The van der Waals surface area contributed by atoms with Crippen LogP contribution < -0.4 is 53.8 Å². The van der Waals surface area contributed by atoms with Gasteiger partial charge in [0.1, 0.15) is 74.0 Å². The molecular weight excluding hydrogens is 1980 g/mol. The van der Waals surface area contributed by atoms with Crippen molar-refractivity contribution in [1.82, 2.24) is 30.2 Å². The molecule has 22 rings (SSSR count). The van der Waals surface area contributed by atoms with Gasteiger partial charge in [0.2, 0.25) is 0 Å². The number of likely N-dealkylation sites (tertiary alicyclic amines) is 1. The molecule has 4 saturated heterocycles. The topological polar surface area (TPSA) is 363 Å². The van der Waals surface area contributed by atoms with Crippen LogP contribution in [-0.4, -0.2) is 169 Å². The zero-order valence-corrected chi connectivity index (χ0v) is 89.8. The molecule has 3 atom stereocenters. The van der Waals surface area contributed by atoms with E-state index in [1.807, 2.05) is 110 Å². The number of aliphatic hydroxyl groups is 1. The summed E-state index contributed by atoms with van der Waals surface area (Å²) in [5.74, 6) is 1.82. The quantitative estimate of drug-likeness (QED) is 0.0152. The second kappa shape index (κ2) is 52.8. The van der Waals surface area contributed by atoms with Gasteiger partial charge in [0.25, 0.3) is 0 Å². The number of aromatic nitrogens is 4. The summed E-state index contributed by atoms with van der Waals surface area (Å²) >= 11 is 3.37. The maximum atomic E-state index is 12.5. The molecule has 29 nitrogen and oxygen atoms in total. The van der Waals surface area contributed by atoms with E-state index in [1.165, 1.54) is 89.5 Å². The Morgan fingerprint density at radius 3 is 1.28 bits per heavy atom. The number of nitrogens with zero attached hydrogens (tertiary/aromatic N) is 7. The normalized spacial score (nSPS) is 18.3. The fourth-order valence-electron chi connectivity index (χ4n) is 19.4. The van der Waals surface area contributed by atoms with Gasteiger partial charge in [0.05, 0.1) is 114 Å². The third kappa shape index (κ3) is 28.9. The zero-order chi connectivity index (χ0) is 104. The number of carbonyl (C=O) groups excluding carboxylic acids is 5. The van der Waals surface area contributed by atoms with Crippen molar-refractivity contribution in [3.05, 3.63) is 342 Å². The molecule has 8 aliphatic carbocycles. The molecule has 150 heavy (non-hydrogen) atoms. The maximum Gasteiger partial charge on any atom is 1.00 e. The van der Waals surface area contributed by atoms with Crippen LogP contribution in [0.2, 0.25) is 0 Å². The van der Waals surface area contributed by atoms with Crippen molar-refractivity contribution >= 4 is 94.1 Å². The van der Waals surface area contributed by atoms with Gasteiger partial charge >= 0.3 is 60.9 Å². The minimum absolute atomic E-state index is 0. The smallest absolute Gasteiger partial charge is 0.465 e. The molecule has 4 N–H and O–H groups in total. The summed E-state index contributed by atoms with van der Waals surface area (Å²) in [6.45, 7) is 12.3. The van der Waals surface area contributed by atoms with Crippen LogP contribution in [0.4, 0.5) is 0 Å². The third-order valence-corrected chi connectivity index (χ3v) is 28.8. The molecule has 773 valence electrons. The van der Waals surface area contributed by atoms with Gasteiger partial charge in [-0.25, -0.2) is 19.2 Å². The number of nitrogens with one attached hydrogen (secondary N) is 2. The minimum Gasteiger partial charge on any atom is -0.465 e. The van der Waals surface area contributed by atoms with Crippen LogP contribution in [0, 0.1) is 5.53 Å². The molecule has 1 radical (unpaired) electrons. The number of ketones is 1.